The van der Waals surface area contributed by atoms with Crippen molar-refractivity contribution in [3.63, 3.8) is 0 Å². The van der Waals surface area contributed by atoms with Crippen molar-refractivity contribution in [2.75, 3.05) is 21.3 Å². The quantitative estimate of drug-likeness (QED) is 0.792. The summed E-state index contributed by atoms with van der Waals surface area (Å²) in [5.41, 5.74) is 0.868. The maximum absolute atomic E-state index is 9.07. The van der Waals surface area contributed by atoms with E-state index in [1.165, 1.54) is 0 Å². The zero-order chi connectivity index (χ0) is 12.8. The number of aliphatic hydroxyl groups is 1. The Balaban J connectivity index is 3.10. The molecule has 0 aromatic heterocycles. The zero-order valence-corrected chi connectivity index (χ0v) is 11.0. The summed E-state index contributed by atoms with van der Waals surface area (Å²) in [6.07, 6.45) is 0.958. The fraction of sp³-hybridized carbons (Fsp3) is 0.417. The van der Waals surface area contributed by atoms with Crippen LogP contribution in [0.1, 0.15) is 12.0 Å². The van der Waals surface area contributed by atoms with Gasteiger partial charge in [0.25, 0.3) is 0 Å². The van der Waals surface area contributed by atoms with Gasteiger partial charge in [0.15, 0.2) is 5.05 Å². The first kappa shape index (κ1) is 13.6. The molecule has 0 aliphatic rings. The van der Waals surface area contributed by atoms with Crippen LogP contribution in [0.25, 0.3) is 0 Å². The third-order valence-electron chi connectivity index (χ3n) is 2.41. The highest BCUT2D eigenvalue weighted by Gasteiger charge is 2.13. The molecule has 0 bridgehead atoms. The Hall–Kier alpha value is -1.49. The molecule has 0 saturated carbocycles. The van der Waals surface area contributed by atoms with Crippen molar-refractivity contribution >= 4 is 17.3 Å². The monoisotopic (exact) mass is 256 g/mol. The fourth-order valence-electron chi connectivity index (χ4n) is 1.56. The van der Waals surface area contributed by atoms with E-state index in [1.54, 1.807) is 33.5 Å². The third kappa shape index (κ3) is 3.49. The summed E-state index contributed by atoms with van der Waals surface area (Å²) in [5, 5.41) is 9.04. The largest absolute Gasteiger partial charge is 0.502 e. The minimum Gasteiger partial charge on any atom is -0.502 e. The highest BCUT2D eigenvalue weighted by Crippen LogP contribution is 2.34. The molecule has 17 heavy (non-hydrogen) atoms. The molecule has 0 spiro atoms. The maximum atomic E-state index is 9.07. The summed E-state index contributed by atoms with van der Waals surface area (Å²) in [7, 11) is 4.74. The normalized spacial score (nSPS) is 9.82. The van der Waals surface area contributed by atoms with E-state index in [4.69, 9.17) is 19.3 Å². The Bertz CT molecular complexity index is 378. The molecule has 1 rings (SSSR count). The van der Waals surface area contributed by atoms with Crippen molar-refractivity contribution in [3.8, 4) is 17.2 Å². The van der Waals surface area contributed by atoms with Crippen LogP contribution in [0.2, 0.25) is 0 Å². The summed E-state index contributed by atoms with van der Waals surface area (Å²) >= 11 is 4.65. The lowest BCUT2D eigenvalue weighted by Gasteiger charge is -2.14. The van der Waals surface area contributed by atoms with Crippen molar-refractivity contribution in [2.24, 2.45) is 0 Å². The van der Waals surface area contributed by atoms with E-state index in [0.29, 0.717) is 30.1 Å². The van der Waals surface area contributed by atoms with E-state index >= 15 is 0 Å². The number of methoxy groups -OCH3 is 3. The van der Waals surface area contributed by atoms with Gasteiger partial charge in [-0.1, -0.05) is 0 Å². The number of rotatable bonds is 6. The first-order chi connectivity index (χ1) is 8.12. The van der Waals surface area contributed by atoms with Gasteiger partial charge < -0.3 is 19.3 Å². The SMILES string of the molecule is COc1cc(OC)c(CCC(O)=S)c(OC)c1. The lowest BCUT2D eigenvalue weighted by Crippen LogP contribution is -2.01. The Morgan fingerprint density at radius 3 is 2.00 bits per heavy atom. The average molecular weight is 256 g/mol. The van der Waals surface area contributed by atoms with Crippen molar-refractivity contribution in [1.29, 1.82) is 0 Å². The minimum absolute atomic E-state index is 0.0232. The highest BCUT2D eigenvalue weighted by atomic mass is 32.1. The topological polar surface area (TPSA) is 47.9 Å². The van der Waals surface area contributed by atoms with Gasteiger partial charge in [-0.3, -0.25) is 0 Å². The van der Waals surface area contributed by atoms with Crippen LogP contribution in [0.3, 0.4) is 0 Å². The molecule has 1 aromatic rings. The highest BCUT2D eigenvalue weighted by molar-refractivity contribution is 7.80. The van der Waals surface area contributed by atoms with Crippen molar-refractivity contribution < 1.29 is 19.3 Å². The lowest BCUT2D eigenvalue weighted by atomic mass is 10.1. The van der Waals surface area contributed by atoms with Gasteiger partial charge in [-0.25, -0.2) is 0 Å². The molecule has 94 valence electrons. The first-order valence-electron chi connectivity index (χ1n) is 5.13. The second-order valence-electron chi connectivity index (χ2n) is 3.40. The second-order valence-corrected chi connectivity index (χ2v) is 3.88. The predicted molar refractivity (Wildman–Crippen MR) is 69.6 cm³/mol. The van der Waals surface area contributed by atoms with Crippen LogP contribution in [0.15, 0.2) is 12.1 Å². The third-order valence-corrected chi connectivity index (χ3v) is 2.61. The van der Waals surface area contributed by atoms with E-state index in [2.05, 4.69) is 12.2 Å². The summed E-state index contributed by atoms with van der Waals surface area (Å²) in [6, 6.07) is 3.55. The van der Waals surface area contributed by atoms with Gasteiger partial charge in [-0.05, 0) is 18.6 Å². The molecule has 0 saturated heterocycles. The molecule has 5 heteroatoms. The van der Waals surface area contributed by atoms with Gasteiger partial charge >= 0.3 is 0 Å². The molecule has 1 aromatic carbocycles. The molecule has 0 aliphatic carbocycles. The smallest absolute Gasteiger partial charge is 0.156 e. The lowest BCUT2D eigenvalue weighted by molar-refractivity contribution is 0.368. The molecule has 0 aliphatic heterocycles. The van der Waals surface area contributed by atoms with E-state index in [-0.39, 0.29) is 5.05 Å². The first-order valence-corrected chi connectivity index (χ1v) is 5.53. The van der Waals surface area contributed by atoms with Crippen LogP contribution in [-0.2, 0) is 6.42 Å². The Morgan fingerprint density at radius 1 is 1.12 bits per heavy atom. The van der Waals surface area contributed by atoms with Gasteiger partial charge in [0.2, 0.25) is 0 Å². The number of aliphatic hydroxyl groups excluding tert-OH is 1. The molecule has 4 nitrogen and oxygen atoms in total. The molecular weight excluding hydrogens is 240 g/mol. The summed E-state index contributed by atoms with van der Waals surface area (Å²) in [4.78, 5) is 0. The van der Waals surface area contributed by atoms with Crippen LogP contribution in [0.5, 0.6) is 17.2 Å². The van der Waals surface area contributed by atoms with E-state index < -0.39 is 0 Å². The predicted octanol–water partition coefficient (Wildman–Crippen LogP) is 2.53. The van der Waals surface area contributed by atoms with E-state index in [1.807, 2.05) is 0 Å². The van der Waals surface area contributed by atoms with Gasteiger partial charge in [-0.15, -0.1) is 0 Å². The van der Waals surface area contributed by atoms with Gasteiger partial charge in [-0.2, -0.15) is 0 Å². The fourth-order valence-corrected chi connectivity index (χ4v) is 1.66. The number of hydrogen-bond acceptors (Lipinski definition) is 4. The summed E-state index contributed by atoms with van der Waals surface area (Å²) in [6.45, 7) is 0. The van der Waals surface area contributed by atoms with E-state index in [0.717, 1.165) is 5.56 Å². The van der Waals surface area contributed by atoms with Crippen molar-refractivity contribution in [2.45, 2.75) is 12.8 Å². The molecule has 0 atom stereocenters. The van der Waals surface area contributed by atoms with Crippen LogP contribution in [0.4, 0.5) is 0 Å². The van der Waals surface area contributed by atoms with Gasteiger partial charge in [0.1, 0.15) is 17.2 Å². The summed E-state index contributed by atoms with van der Waals surface area (Å²) < 4.78 is 15.7. The Kier molecular flexibility index (Phi) is 5.03. The van der Waals surface area contributed by atoms with Crippen LogP contribution in [0, 0.1) is 0 Å². The van der Waals surface area contributed by atoms with Crippen molar-refractivity contribution in [3.05, 3.63) is 17.7 Å². The molecule has 0 heterocycles. The summed E-state index contributed by atoms with van der Waals surface area (Å²) in [5.74, 6) is 1.99. The molecule has 0 unspecified atom stereocenters. The van der Waals surface area contributed by atoms with Gasteiger partial charge in [0, 0.05) is 24.1 Å². The minimum atomic E-state index is -0.0232. The Morgan fingerprint density at radius 2 is 1.65 bits per heavy atom. The molecule has 0 radical (unpaired) electrons. The second kappa shape index (κ2) is 6.30. The molecular formula is C12H16O4S. The molecule has 0 fully saturated rings. The molecule has 0 amide bonds. The standard InChI is InChI=1S/C12H16O4S/c1-14-8-6-10(15-2)9(4-5-12(13)17)11(7-8)16-3/h6-7H,4-5H2,1-3H3,(H,13,17). The maximum Gasteiger partial charge on any atom is 0.156 e. The number of ether oxygens (including phenoxy) is 3. The number of benzene rings is 1. The zero-order valence-electron chi connectivity index (χ0n) is 10.1. The van der Waals surface area contributed by atoms with Crippen LogP contribution >= 0.6 is 12.2 Å². The van der Waals surface area contributed by atoms with Crippen LogP contribution in [-0.4, -0.2) is 31.5 Å². The van der Waals surface area contributed by atoms with E-state index in [9.17, 15) is 0 Å². The Labute approximate surface area is 106 Å². The van der Waals surface area contributed by atoms with Crippen molar-refractivity contribution in [1.82, 2.24) is 0 Å². The number of thiocarbonyl (C=S) groups is 1. The average Bonchev–Trinajstić information content (AvgIpc) is 2.34. The number of hydrogen-bond donors (Lipinski definition) is 1. The molecule has 1 N–H and O–H groups in total. The van der Waals surface area contributed by atoms with Crippen LogP contribution < -0.4 is 14.2 Å². The van der Waals surface area contributed by atoms with Gasteiger partial charge in [0.05, 0.1) is 21.3 Å².